The highest BCUT2D eigenvalue weighted by Gasteiger charge is 2.23. The summed E-state index contributed by atoms with van der Waals surface area (Å²) in [6.07, 6.45) is 5.28. The molecule has 0 aliphatic carbocycles. The Morgan fingerprint density at radius 3 is 2.81 bits per heavy atom. The van der Waals surface area contributed by atoms with E-state index in [1.807, 2.05) is 37.1 Å². The summed E-state index contributed by atoms with van der Waals surface area (Å²) >= 11 is 0. The maximum absolute atomic E-state index is 12.4. The third-order valence-electron chi connectivity index (χ3n) is 3.94. The van der Waals surface area contributed by atoms with E-state index in [4.69, 9.17) is 0 Å². The molecule has 6 heteroatoms. The Morgan fingerprint density at radius 2 is 2.10 bits per heavy atom. The lowest BCUT2D eigenvalue weighted by Gasteiger charge is -2.29. The molecular formula is C15H21N5O. The van der Waals surface area contributed by atoms with Crippen molar-refractivity contribution in [1.82, 2.24) is 19.5 Å². The number of carbonyl (C=O) groups excluding carboxylic acids is 1. The molecule has 1 fully saturated rings. The number of aromatic nitrogens is 3. The van der Waals surface area contributed by atoms with Crippen molar-refractivity contribution in [2.75, 3.05) is 18.4 Å². The summed E-state index contributed by atoms with van der Waals surface area (Å²) in [5.74, 6) is 0.632. The molecule has 1 saturated heterocycles. The van der Waals surface area contributed by atoms with Crippen LogP contribution in [0.1, 0.15) is 31.7 Å². The smallest absolute Gasteiger partial charge is 0.244 e. The van der Waals surface area contributed by atoms with Crippen LogP contribution in [0.15, 0.2) is 18.3 Å². The SMILES string of the molecule is Cc1cccn2nc(NC(C)C(=O)N3CCCCC3)nc12. The van der Waals surface area contributed by atoms with Crippen molar-refractivity contribution in [2.45, 2.75) is 39.2 Å². The molecule has 1 aliphatic heterocycles. The number of pyridine rings is 1. The number of piperidine rings is 1. The van der Waals surface area contributed by atoms with E-state index in [0.717, 1.165) is 37.1 Å². The van der Waals surface area contributed by atoms with Gasteiger partial charge in [0.15, 0.2) is 5.65 Å². The molecular weight excluding hydrogens is 266 g/mol. The molecule has 0 saturated carbocycles. The number of likely N-dealkylation sites (tertiary alicyclic amines) is 1. The van der Waals surface area contributed by atoms with E-state index in [9.17, 15) is 4.79 Å². The molecule has 2 aromatic rings. The number of carbonyl (C=O) groups is 1. The first-order valence-electron chi connectivity index (χ1n) is 7.52. The number of hydrogen-bond donors (Lipinski definition) is 1. The molecule has 6 nitrogen and oxygen atoms in total. The van der Waals surface area contributed by atoms with Crippen LogP contribution in [0, 0.1) is 6.92 Å². The van der Waals surface area contributed by atoms with Gasteiger partial charge in [-0.25, -0.2) is 4.52 Å². The van der Waals surface area contributed by atoms with Crippen LogP contribution in [0.25, 0.3) is 5.65 Å². The summed E-state index contributed by atoms with van der Waals surface area (Å²) < 4.78 is 1.73. The summed E-state index contributed by atoms with van der Waals surface area (Å²) in [5.41, 5.74) is 1.88. The monoisotopic (exact) mass is 287 g/mol. The average Bonchev–Trinajstić information content (AvgIpc) is 2.91. The lowest BCUT2D eigenvalue weighted by Crippen LogP contribution is -2.44. The molecule has 1 aliphatic rings. The Hall–Kier alpha value is -2.11. The number of fused-ring (bicyclic) bond motifs is 1. The molecule has 3 heterocycles. The van der Waals surface area contributed by atoms with Gasteiger partial charge in [0.2, 0.25) is 11.9 Å². The third kappa shape index (κ3) is 2.84. The number of amides is 1. The van der Waals surface area contributed by atoms with Gasteiger partial charge in [0, 0.05) is 19.3 Å². The Kier molecular flexibility index (Phi) is 3.77. The van der Waals surface area contributed by atoms with Crippen LogP contribution in [0.2, 0.25) is 0 Å². The molecule has 112 valence electrons. The summed E-state index contributed by atoms with van der Waals surface area (Å²) in [5, 5.41) is 7.49. The van der Waals surface area contributed by atoms with Crippen LogP contribution in [0.3, 0.4) is 0 Å². The quantitative estimate of drug-likeness (QED) is 0.936. The largest absolute Gasteiger partial charge is 0.341 e. The maximum atomic E-state index is 12.4. The number of rotatable bonds is 3. The van der Waals surface area contributed by atoms with Gasteiger partial charge in [-0.05, 0) is 44.7 Å². The fourth-order valence-corrected chi connectivity index (χ4v) is 2.74. The van der Waals surface area contributed by atoms with E-state index >= 15 is 0 Å². The van der Waals surface area contributed by atoms with Crippen molar-refractivity contribution in [1.29, 1.82) is 0 Å². The van der Waals surface area contributed by atoms with Crippen LogP contribution in [0.5, 0.6) is 0 Å². The van der Waals surface area contributed by atoms with Gasteiger partial charge in [0.25, 0.3) is 0 Å². The normalized spacial score (nSPS) is 17.0. The van der Waals surface area contributed by atoms with Crippen LogP contribution in [-0.4, -0.2) is 44.5 Å². The molecule has 0 bridgehead atoms. The zero-order valence-electron chi connectivity index (χ0n) is 12.5. The van der Waals surface area contributed by atoms with E-state index < -0.39 is 0 Å². The minimum atomic E-state index is -0.305. The zero-order chi connectivity index (χ0) is 14.8. The second-order valence-electron chi connectivity index (χ2n) is 5.65. The lowest BCUT2D eigenvalue weighted by molar-refractivity contribution is -0.132. The number of anilines is 1. The van der Waals surface area contributed by atoms with Gasteiger partial charge in [-0.3, -0.25) is 4.79 Å². The van der Waals surface area contributed by atoms with E-state index in [-0.39, 0.29) is 11.9 Å². The van der Waals surface area contributed by atoms with Gasteiger partial charge < -0.3 is 10.2 Å². The molecule has 0 radical (unpaired) electrons. The second kappa shape index (κ2) is 5.71. The number of nitrogens with zero attached hydrogens (tertiary/aromatic N) is 4. The molecule has 1 unspecified atom stereocenters. The number of nitrogens with one attached hydrogen (secondary N) is 1. The Bertz CT molecular complexity index is 645. The van der Waals surface area contributed by atoms with Crippen molar-refractivity contribution >= 4 is 17.5 Å². The fourth-order valence-electron chi connectivity index (χ4n) is 2.74. The van der Waals surface area contributed by atoms with Crippen LogP contribution in [-0.2, 0) is 4.79 Å². The van der Waals surface area contributed by atoms with Crippen LogP contribution >= 0.6 is 0 Å². The highest BCUT2D eigenvalue weighted by Crippen LogP contribution is 2.13. The van der Waals surface area contributed by atoms with E-state index in [2.05, 4.69) is 15.4 Å². The first-order chi connectivity index (χ1) is 10.1. The van der Waals surface area contributed by atoms with Gasteiger partial charge in [0.05, 0.1) is 0 Å². The predicted octanol–water partition coefficient (Wildman–Crippen LogP) is 1.85. The Balaban J connectivity index is 1.72. The van der Waals surface area contributed by atoms with Crippen molar-refractivity contribution in [3.05, 3.63) is 23.9 Å². The minimum Gasteiger partial charge on any atom is -0.341 e. The van der Waals surface area contributed by atoms with Gasteiger partial charge >= 0.3 is 0 Å². The average molecular weight is 287 g/mol. The summed E-state index contributed by atoms with van der Waals surface area (Å²) in [6.45, 7) is 5.59. The standard InChI is InChI=1S/C15H21N5O/c1-11-7-6-10-20-13(11)17-15(18-20)16-12(2)14(21)19-8-4-3-5-9-19/h6-7,10,12H,3-5,8-9H2,1-2H3,(H,16,18). The zero-order valence-corrected chi connectivity index (χ0v) is 12.5. The first-order valence-corrected chi connectivity index (χ1v) is 7.52. The Morgan fingerprint density at radius 1 is 1.33 bits per heavy atom. The molecule has 1 atom stereocenters. The van der Waals surface area contributed by atoms with Crippen molar-refractivity contribution < 1.29 is 4.79 Å². The summed E-state index contributed by atoms with van der Waals surface area (Å²) in [6, 6.07) is 3.62. The minimum absolute atomic E-state index is 0.130. The molecule has 2 aromatic heterocycles. The molecule has 1 amide bonds. The van der Waals surface area contributed by atoms with Crippen LogP contribution < -0.4 is 5.32 Å². The van der Waals surface area contributed by atoms with Crippen molar-refractivity contribution in [2.24, 2.45) is 0 Å². The van der Waals surface area contributed by atoms with Gasteiger partial charge in [-0.1, -0.05) is 6.07 Å². The lowest BCUT2D eigenvalue weighted by atomic mass is 10.1. The molecule has 1 N–H and O–H groups in total. The number of hydrogen-bond acceptors (Lipinski definition) is 4. The van der Waals surface area contributed by atoms with Gasteiger partial charge in [-0.2, -0.15) is 4.98 Å². The maximum Gasteiger partial charge on any atom is 0.244 e. The van der Waals surface area contributed by atoms with E-state index in [1.165, 1.54) is 6.42 Å². The Labute approximate surface area is 124 Å². The molecule has 0 aromatic carbocycles. The van der Waals surface area contributed by atoms with Gasteiger partial charge in [0.1, 0.15) is 6.04 Å². The van der Waals surface area contributed by atoms with E-state index in [0.29, 0.717) is 5.95 Å². The van der Waals surface area contributed by atoms with E-state index in [1.54, 1.807) is 4.52 Å². The topological polar surface area (TPSA) is 62.5 Å². The highest BCUT2D eigenvalue weighted by atomic mass is 16.2. The molecule has 0 spiro atoms. The third-order valence-corrected chi connectivity index (χ3v) is 3.94. The second-order valence-corrected chi connectivity index (χ2v) is 5.65. The number of aryl methyl sites for hydroxylation is 1. The highest BCUT2D eigenvalue weighted by molar-refractivity contribution is 5.84. The fraction of sp³-hybridized carbons (Fsp3) is 0.533. The first kappa shape index (κ1) is 13.9. The molecule has 21 heavy (non-hydrogen) atoms. The van der Waals surface area contributed by atoms with Crippen LogP contribution in [0.4, 0.5) is 5.95 Å². The van der Waals surface area contributed by atoms with Crippen molar-refractivity contribution in [3.63, 3.8) is 0 Å². The summed E-state index contributed by atoms with van der Waals surface area (Å²) in [4.78, 5) is 18.8. The van der Waals surface area contributed by atoms with Crippen molar-refractivity contribution in [3.8, 4) is 0 Å². The predicted molar refractivity (Wildman–Crippen MR) is 81.2 cm³/mol. The van der Waals surface area contributed by atoms with Gasteiger partial charge in [-0.15, -0.1) is 5.10 Å². The summed E-state index contributed by atoms with van der Waals surface area (Å²) in [7, 11) is 0. The molecule has 3 rings (SSSR count).